The molecule has 0 aromatic heterocycles. The highest BCUT2D eigenvalue weighted by atomic mass is 16.3. The van der Waals surface area contributed by atoms with Crippen LogP contribution in [0, 0.1) is 11.8 Å². The van der Waals surface area contributed by atoms with Crippen molar-refractivity contribution in [3.05, 3.63) is 24.3 Å². The molecule has 0 fully saturated rings. The van der Waals surface area contributed by atoms with Crippen LogP contribution in [0.15, 0.2) is 24.3 Å². The van der Waals surface area contributed by atoms with Crippen molar-refractivity contribution in [1.82, 2.24) is 0 Å². The van der Waals surface area contributed by atoms with Crippen molar-refractivity contribution in [2.24, 2.45) is 11.8 Å². The molecule has 0 saturated heterocycles. The third-order valence-electron chi connectivity index (χ3n) is 2.43. The highest BCUT2D eigenvalue weighted by Gasteiger charge is 2.22. The lowest BCUT2D eigenvalue weighted by Gasteiger charge is -2.18. The van der Waals surface area contributed by atoms with Crippen molar-refractivity contribution < 1.29 is 5.11 Å². The minimum Gasteiger partial charge on any atom is -0.388 e. The molecule has 3 aliphatic rings. The number of aliphatic hydroxyl groups excluding tert-OH is 1. The molecule has 0 aliphatic heterocycles. The molecule has 0 aromatic rings. The predicted octanol–water partition coefficient (Wildman–Crippen LogP) is 1.50. The normalized spacial score (nSPS) is 43.9. The molecule has 2 bridgehead atoms. The predicted molar refractivity (Wildman–Crippen MR) is 40.5 cm³/mol. The molecule has 3 atom stereocenters. The Kier molecular flexibility index (Phi) is 1.38. The molecule has 3 rings (SSSR count). The van der Waals surface area contributed by atoms with E-state index in [1.54, 1.807) is 0 Å². The van der Waals surface area contributed by atoms with Gasteiger partial charge in [-0.2, -0.15) is 0 Å². The Labute approximate surface area is 61.1 Å². The second kappa shape index (κ2) is 2.24. The maximum Gasteiger partial charge on any atom is 0.0783 e. The van der Waals surface area contributed by atoms with Crippen molar-refractivity contribution in [3.8, 4) is 0 Å². The lowest BCUT2D eigenvalue weighted by molar-refractivity contribution is 0.170. The van der Waals surface area contributed by atoms with Crippen LogP contribution in [0.3, 0.4) is 0 Å². The van der Waals surface area contributed by atoms with Gasteiger partial charge in [-0.1, -0.05) is 24.3 Å². The van der Waals surface area contributed by atoms with Crippen molar-refractivity contribution in [2.75, 3.05) is 0 Å². The van der Waals surface area contributed by atoms with Crippen LogP contribution in [-0.4, -0.2) is 11.2 Å². The topological polar surface area (TPSA) is 20.2 Å². The lowest BCUT2D eigenvalue weighted by atomic mass is 9.90. The first-order valence-corrected chi connectivity index (χ1v) is 3.91. The Balaban J connectivity index is 2.28. The summed E-state index contributed by atoms with van der Waals surface area (Å²) in [6, 6.07) is 0. The number of hydrogen-bond donors (Lipinski definition) is 1. The molecule has 0 spiro atoms. The molecule has 0 amide bonds. The third kappa shape index (κ3) is 0.907. The maximum absolute atomic E-state index is 9.44. The van der Waals surface area contributed by atoms with Gasteiger partial charge in [0.1, 0.15) is 0 Å². The summed E-state index contributed by atoms with van der Waals surface area (Å²) in [5.41, 5.74) is 0. The molecule has 1 nitrogen and oxygen atoms in total. The summed E-state index contributed by atoms with van der Waals surface area (Å²) in [5, 5.41) is 9.44. The van der Waals surface area contributed by atoms with E-state index >= 15 is 0 Å². The molecule has 3 unspecified atom stereocenters. The van der Waals surface area contributed by atoms with Crippen molar-refractivity contribution in [2.45, 2.75) is 18.9 Å². The minimum atomic E-state index is -0.219. The molecule has 3 aliphatic carbocycles. The molecule has 0 saturated carbocycles. The first-order valence-electron chi connectivity index (χ1n) is 3.91. The summed E-state index contributed by atoms with van der Waals surface area (Å²) in [6.45, 7) is 0. The molecule has 0 aromatic carbocycles. The van der Waals surface area contributed by atoms with E-state index in [4.69, 9.17) is 0 Å². The Morgan fingerprint density at radius 3 is 2.50 bits per heavy atom. The SMILES string of the molecule is OC1C=CC2C=CC1CC2. The summed E-state index contributed by atoms with van der Waals surface area (Å²) in [4.78, 5) is 0. The van der Waals surface area contributed by atoms with Crippen LogP contribution in [0.1, 0.15) is 12.8 Å². The summed E-state index contributed by atoms with van der Waals surface area (Å²) >= 11 is 0. The smallest absolute Gasteiger partial charge is 0.0783 e. The average molecular weight is 136 g/mol. The van der Waals surface area contributed by atoms with Crippen LogP contribution < -0.4 is 0 Å². The fourth-order valence-corrected chi connectivity index (χ4v) is 1.71. The van der Waals surface area contributed by atoms with E-state index in [1.807, 2.05) is 6.08 Å². The van der Waals surface area contributed by atoms with Crippen LogP contribution in [0.2, 0.25) is 0 Å². The molecule has 54 valence electrons. The van der Waals surface area contributed by atoms with Crippen LogP contribution in [0.25, 0.3) is 0 Å². The number of allylic oxidation sites excluding steroid dienone is 2. The van der Waals surface area contributed by atoms with Gasteiger partial charge in [0, 0.05) is 5.92 Å². The quantitative estimate of drug-likeness (QED) is 0.500. The van der Waals surface area contributed by atoms with Gasteiger partial charge in [-0.25, -0.2) is 0 Å². The van der Waals surface area contributed by atoms with Crippen LogP contribution in [-0.2, 0) is 0 Å². The average Bonchev–Trinajstić information content (AvgIpc) is 2.24. The zero-order valence-corrected chi connectivity index (χ0v) is 5.90. The zero-order chi connectivity index (χ0) is 6.97. The first-order chi connectivity index (χ1) is 4.86. The Morgan fingerprint density at radius 2 is 1.80 bits per heavy atom. The van der Waals surface area contributed by atoms with Gasteiger partial charge in [-0.15, -0.1) is 0 Å². The second-order valence-electron chi connectivity index (χ2n) is 3.17. The zero-order valence-electron chi connectivity index (χ0n) is 5.90. The maximum atomic E-state index is 9.44. The standard InChI is InChI=1S/C9H12O/c10-9-6-3-7-1-4-8(9)5-2-7/h1,3-4,6-10H,2,5H2. The van der Waals surface area contributed by atoms with Gasteiger partial charge in [0.05, 0.1) is 6.10 Å². The van der Waals surface area contributed by atoms with Gasteiger partial charge in [0.15, 0.2) is 0 Å². The molecular weight excluding hydrogens is 124 g/mol. The second-order valence-corrected chi connectivity index (χ2v) is 3.17. The van der Waals surface area contributed by atoms with Gasteiger partial charge in [-0.05, 0) is 18.8 Å². The highest BCUT2D eigenvalue weighted by molar-refractivity contribution is 5.14. The van der Waals surface area contributed by atoms with Gasteiger partial charge in [0.25, 0.3) is 0 Å². The summed E-state index contributed by atoms with van der Waals surface area (Å²) < 4.78 is 0. The van der Waals surface area contributed by atoms with Crippen molar-refractivity contribution in [3.63, 3.8) is 0 Å². The monoisotopic (exact) mass is 136 g/mol. The number of rotatable bonds is 0. The van der Waals surface area contributed by atoms with Gasteiger partial charge in [0.2, 0.25) is 0 Å². The minimum absolute atomic E-state index is 0.219. The van der Waals surface area contributed by atoms with Crippen LogP contribution >= 0.6 is 0 Å². The summed E-state index contributed by atoms with van der Waals surface area (Å²) in [5.74, 6) is 1.00. The highest BCUT2D eigenvalue weighted by Crippen LogP contribution is 2.29. The Morgan fingerprint density at radius 1 is 1.00 bits per heavy atom. The van der Waals surface area contributed by atoms with E-state index < -0.39 is 0 Å². The Bertz CT molecular complexity index is 181. The van der Waals surface area contributed by atoms with Crippen LogP contribution in [0.5, 0.6) is 0 Å². The first kappa shape index (κ1) is 6.17. The van der Waals surface area contributed by atoms with E-state index in [9.17, 15) is 5.11 Å². The van der Waals surface area contributed by atoms with E-state index in [-0.39, 0.29) is 6.10 Å². The van der Waals surface area contributed by atoms with Crippen LogP contribution in [0.4, 0.5) is 0 Å². The van der Waals surface area contributed by atoms with Crippen molar-refractivity contribution >= 4 is 0 Å². The molecule has 1 heteroatoms. The largest absolute Gasteiger partial charge is 0.388 e. The van der Waals surface area contributed by atoms with E-state index in [0.29, 0.717) is 11.8 Å². The number of hydrogen-bond acceptors (Lipinski definition) is 1. The van der Waals surface area contributed by atoms with E-state index in [2.05, 4.69) is 18.2 Å². The molecular formula is C9H12O. The van der Waals surface area contributed by atoms with Gasteiger partial charge >= 0.3 is 0 Å². The molecule has 0 heterocycles. The third-order valence-corrected chi connectivity index (χ3v) is 2.43. The fourth-order valence-electron chi connectivity index (χ4n) is 1.71. The summed E-state index contributed by atoms with van der Waals surface area (Å²) in [7, 11) is 0. The van der Waals surface area contributed by atoms with E-state index in [0.717, 1.165) is 6.42 Å². The van der Waals surface area contributed by atoms with E-state index in [1.165, 1.54) is 6.42 Å². The van der Waals surface area contributed by atoms with Crippen molar-refractivity contribution in [1.29, 1.82) is 0 Å². The molecule has 0 radical (unpaired) electrons. The molecule has 1 N–H and O–H groups in total. The van der Waals surface area contributed by atoms with Gasteiger partial charge < -0.3 is 5.11 Å². The van der Waals surface area contributed by atoms with Gasteiger partial charge in [-0.3, -0.25) is 0 Å². The Hall–Kier alpha value is -0.560. The fraction of sp³-hybridized carbons (Fsp3) is 0.556. The summed E-state index contributed by atoms with van der Waals surface area (Å²) in [6.07, 6.45) is 10.6. The molecule has 10 heavy (non-hydrogen) atoms. The number of aliphatic hydroxyl groups is 1. The number of fused-ring (bicyclic) bond motifs is 2. The lowest BCUT2D eigenvalue weighted by Crippen LogP contribution is -2.16.